The highest BCUT2D eigenvalue weighted by Crippen LogP contribution is 2.04. The zero-order chi connectivity index (χ0) is 16.5. The Labute approximate surface area is 128 Å². The van der Waals surface area contributed by atoms with E-state index in [1.54, 1.807) is 12.1 Å². The van der Waals surface area contributed by atoms with Crippen LogP contribution in [-0.4, -0.2) is 30.4 Å². The van der Waals surface area contributed by atoms with Crippen molar-refractivity contribution in [3.63, 3.8) is 0 Å². The van der Waals surface area contributed by atoms with Crippen molar-refractivity contribution >= 4 is 23.9 Å². The first kappa shape index (κ1) is 17.5. The highest BCUT2D eigenvalue weighted by Gasteiger charge is 2.15. The van der Waals surface area contributed by atoms with Gasteiger partial charge in [0.2, 0.25) is 11.8 Å². The van der Waals surface area contributed by atoms with Crippen LogP contribution in [0.2, 0.25) is 0 Å². The van der Waals surface area contributed by atoms with Gasteiger partial charge < -0.3 is 25.0 Å². The molecule has 0 saturated heterocycles. The van der Waals surface area contributed by atoms with Crippen molar-refractivity contribution in [3.8, 4) is 0 Å². The molecule has 0 aliphatic heterocycles. The molecule has 0 bridgehead atoms. The first-order valence-electron chi connectivity index (χ1n) is 6.88. The molecule has 0 aliphatic carbocycles. The highest BCUT2D eigenvalue weighted by molar-refractivity contribution is 5.94. The number of aliphatic carboxylic acids is 1. The molecule has 0 unspecified atom stereocenters. The van der Waals surface area contributed by atoms with Crippen LogP contribution in [-0.2, 0) is 14.4 Å². The van der Waals surface area contributed by atoms with Gasteiger partial charge in [0.25, 0.3) is 0 Å². The zero-order valence-corrected chi connectivity index (χ0v) is 12.5. The van der Waals surface area contributed by atoms with Crippen molar-refractivity contribution in [2.75, 3.05) is 6.54 Å². The van der Waals surface area contributed by atoms with Gasteiger partial charge in [-0.25, -0.2) is 0 Å². The van der Waals surface area contributed by atoms with E-state index in [1.165, 1.54) is 18.4 Å². The second-order valence-corrected chi connectivity index (χ2v) is 5.14. The van der Waals surface area contributed by atoms with Crippen molar-refractivity contribution in [1.29, 1.82) is 0 Å². The summed E-state index contributed by atoms with van der Waals surface area (Å²) in [6.07, 6.45) is 4.41. The van der Waals surface area contributed by atoms with Crippen molar-refractivity contribution in [3.05, 3.63) is 30.2 Å². The molecule has 1 rings (SSSR count). The van der Waals surface area contributed by atoms with Crippen molar-refractivity contribution in [2.24, 2.45) is 5.92 Å². The quantitative estimate of drug-likeness (QED) is 0.640. The number of furan rings is 1. The van der Waals surface area contributed by atoms with Gasteiger partial charge in [-0.2, -0.15) is 0 Å². The Hall–Kier alpha value is -2.57. The van der Waals surface area contributed by atoms with Crippen molar-refractivity contribution in [2.45, 2.75) is 26.3 Å². The number of rotatable bonds is 8. The lowest BCUT2D eigenvalue weighted by Gasteiger charge is -2.21. The van der Waals surface area contributed by atoms with E-state index in [4.69, 9.17) is 4.42 Å². The van der Waals surface area contributed by atoms with E-state index in [9.17, 15) is 19.5 Å². The molecule has 22 heavy (non-hydrogen) atoms. The Morgan fingerprint density at radius 2 is 2.09 bits per heavy atom. The van der Waals surface area contributed by atoms with E-state index in [2.05, 4.69) is 10.6 Å². The molecule has 2 N–H and O–H groups in total. The number of amides is 2. The predicted octanol–water partition coefficient (Wildman–Crippen LogP) is -0.310. The van der Waals surface area contributed by atoms with Crippen LogP contribution in [0.3, 0.4) is 0 Å². The number of hydrogen-bond acceptors (Lipinski definition) is 5. The molecule has 1 atom stereocenters. The van der Waals surface area contributed by atoms with Crippen LogP contribution in [0.4, 0.5) is 0 Å². The first-order chi connectivity index (χ1) is 10.4. The third-order valence-electron chi connectivity index (χ3n) is 2.69. The smallest absolute Gasteiger partial charge is 0.244 e. The summed E-state index contributed by atoms with van der Waals surface area (Å²) < 4.78 is 5.01. The van der Waals surface area contributed by atoms with Gasteiger partial charge in [0.05, 0.1) is 24.8 Å². The first-order valence-corrected chi connectivity index (χ1v) is 6.88. The lowest BCUT2D eigenvalue weighted by molar-refractivity contribution is -0.308. The molecule has 0 aromatic carbocycles. The minimum Gasteiger partial charge on any atom is -0.548 e. The van der Waals surface area contributed by atoms with Crippen molar-refractivity contribution in [1.82, 2.24) is 10.6 Å². The summed E-state index contributed by atoms with van der Waals surface area (Å²) >= 11 is 0. The molecule has 1 aromatic rings. The van der Waals surface area contributed by atoms with E-state index < -0.39 is 23.8 Å². The van der Waals surface area contributed by atoms with Gasteiger partial charge in [0.1, 0.15) is 5.76 Å². The number of hydrogen-bond donors (Lipinski definition) is 2. The Morgan fingerprint density at radius 1 is 1.36 bits per heavy atom. The topological polar surface area (TPSA) is 111 Å². The Bertz CT molecular complexity index is 534. The fraction of sp³-hybridized carbons (Fsp3) is 0.400. The maximum atomic E-state index is 11.6. The van der Waals surface area contributed by atoms with Gasteiger partial charge >= 0.3 is 0 Å². The van der Waals surface area contributed by atoms with Crippen LogP contribution in [0.15, 0.2) is 28.9 Å². The normalized spacial score (nSPS) is 12.3. The number of carboxylic acid groups (broad SMARTS) is 1. The molecule has 0 radical (unpaired) electrons. The number of carboxylic acids is 1. The molecule has 7 nitrogen and oxygen atoms in total. The lowest BCUT2D eigenvalue weighted by Crippen LogP contribution is -2.50. The highest BCUT2D eigenvalue weighted by atomic mass is 16.4. The number of carbonyl (C=O) groups excluding carboxylic acids is 3. The minimum absolute atomic E-state index is 0.0917. The van der Waals surface area contributed by atoms with Gasteiger partial charge in [-0.05, 0) is 30.5 Å². The molecule has 7 heteroatoms. The molecular weight excluding hydrogens is 288 g/mol. The molecule has 0 spiro atoms. The summed E-state index contributed by atoms with van der Waals surface area (Å²) in [5.74, 6) is -1.82. The van der Waals surface area contributed by atoms with E-state index in [1.807, 2.05) is 13.8 Å². The second-order valence-electron chi connectivity index (χ2n) is 5.14. The third kappa shape index (κ3) is 6.74. The van der Waals surface area contributed by atoms with E-state index in [0.717, 1.165) is 0 Å². The van der Waals surface area contributed by atoms with Crippen LogP contribution in [0.5, 0.6) is 0 Å². The van der Waals surface area contributed by atoms with Gasteiger partial charge in [-0.3, -0.25) is 9.59 Å². The monoisotopic (exact) mass is 307 g/mol. The summed E-state index contributed by atoms with van der Waals surface area (Å²) in [4.78, 5) is 34.0. The molecular formula is C15H19N2O5-. The molecule has 0 fully saturated rings. The largest absolute Gasteiger partial charge is 0.548 e. The standard InChI is InChI=1S/C15H20N2O5/c1-10(2)8-12(15(20)21)17-14(19)9-16-13(18)6-5-11-4-3-7-22-11/h3-7,10,12H,8-9H2,1-2H3,(H,16,18)(H,17,19)(H,20,21)/p-1/b6-5+/t12-/m0/s1. The summed E-state index contributed by atoms with van der Waals surface area (Å²) in [5, 5.41) is 15.6. The number of nitrogens with one attached hydrogen (secondary N) is 2. The minimum atomic E-state index is -1.34. The Morgan fingerprint density at radius 3 is 2.64 bits per heavy atom. The molecule has 1 heterocycles. The number of carbonyl (C=O) groups is 3. The van der Waals surface area contributed by atoms with Crippen molar-refractivity contribution < 1.29 is 23.9 Å². The third-order valence-corrected chi connectivity index (χ3v) is 2.69. The Kier molecular flexibility index (Phi) is 6.88. The average Bonchev–Trinajstić information content (AvgIpc) is 2.94. The average molecular weight is 307 g/mol. The fourth-order valence-electron chi connectivity index (χ4n) is 1.70. The molecule has 1 aromatic heterocycles. The summed E-state index contributed by atoms with van der Waals surface area (Å²) in [7, 11) is 0. The van der Waals surface area contributed by atoms with Crippen LogP contribution >= 0.6 is 0 Å². The summed E-state index contributed by atoms with van der Waals surface area (Å²) in [5.41, 5.74) is 0. The van der Waals surface area contributed by atoms with Crippen LogP contribution in [0.25, 0.3) is 6.08 Å². The maximum absolute atomic E-state index is 11.6. The van der Waals surface area contributed by atoms with E-state index in [-0.39, 0.29) is 18.9 Å². The maximum Gasteiger partial charge on any atom is 0.244 e. The van der Waals surface area contributed by atoms with Gasteiger partial charge in [0.15, 0.2) is 0 Å². The van der Waals surface area contributed by atoms with Crippen LogP contribution in [0.1, 0.15) is 26.0 Å². The SMILES string of the molecule is CC(C)C[C@H](NC(=O)CNC(=O)/C=C/c1ccco1)C(=O)[O-]. The van der Waals surface area contributed by atoms with Crippen LogP contribution < -0.4 is 15.7 Å². The van der Waals surface area contributed by atoms with Gasteiger partial charge in [0, 0.05) is 6.08 Å². The van der Waals surface area contributed by atoms with E-state index in [0.29, 0.717) is 5.76 Å². The fourth-order valence-corrected chi connectivity index (χ4v) is 1.70. The zero-order valence-electron chi connectivity index (χ0n) is 12.5. The molecule has 0 saturated carbocycles. The van der Waals surface area contributed by atoms with E-state index >= 15 is 0 Å². The van der Waals surface area contributed by atoms with Gasteiger partial charge in [-0.1, -0.05) is 13.8 Å². The Balaban J connectivity index is 2.38. The molecule has 0 aliphatic rings. The molecule has 2 amide bonds. The van der Waals surface area contributed by atoms with Crippen LogP contribution in [0, 0.1) is 5.92 Å². The predicted molar refractivity (Wildman–Crippen MR) is 77.1 cm³/mol. The summed E-state index contributed by atoms with van der Waals surface area (Å²) in [6.45, 7) is 3.36. The summed E-state index contributed by atoms with van der Waals surface area (Å²) in [6, 6.07) is 2.29. The van der Waals surface area contributed by atoms with Gasteiger partial charge in [-0.15, -0.1) is 0 Å². The lowest BCUT2D eigenvalue weighted by atomic mass is 10.0. The second kappa shape index (κ2) is 8.66. The molecule has 120 valence electrons.